The Bertz CT molecular complexity index is 2220. The van der Waals surface area contributed by atoms with E-state index >= 15 is 0 Å². The van der Waals surface area contributed by atoms with Crippen LogP contribution in [0.5, 0.6) is 0 Å². The third-order valence-corrected chi connectivity index (χ3v) is 11.5. The first-order valence-corrected chi connectivity index (χ1v) is 18.2. The summed E-state index contributed by atoms with van der Waals surface area (Å²) >= 11 is 0. The second-order valence-electron chi connectivity index (χ2n) is 14.6. The molecule has 1 aliphatic heterocycles. The number of alkyl halides is 2. The third kappa shape index (κ3) is 6.19. The lowest BCUT2D eigenvalue weighted by Gasteiger charge is -2.34. The van der Waals surface area contributed by atoms with Crippen LogP contribution in [0.15, 0.2) is 53.8 Å². The molecule has 3 fully saturated rings. The van der Waals surface area contributed by atoms with Crippen LogP contribution in [0.1, 0.15) is 117 Å². The normalized spacial score (nSPS) is 24.1. The van der Waals surface area contributed by atoms with Crippen LogP contribution in [0.25, 0.3) is 16.7 Å². The van der Waals surface area contributed by atoms with Crippen LogP contribution in [0.3, 0.4) is 0 Å². The molecule has 5 aromatic rings. The fraction of sp³-hybridized carbons (Fsp3) is 0.486. The van der Waals surface area contributed by atoms with Gasteiger partial charge in [-0.3, -0.25) is 33.5 Å². The molecule has 0 radical (unpaired) electrons. The van der Waals surface area contributed by atoms with Gasteiger partial charge in [-0.2, -0.15) is 10.2 Å². The van der Waals surface area contributed by atoms with Gasteiger partial charge >= 0.3 is 5.69 Å². The molecule has 0 spiro atoms. The number of anilines is 1. The number of amides is 3. The number of carbonyl (C=O) groups is 3. The number of aryl methyl sites for hydroxylation is 1. The topological polar surface area (TPSA) is 150 Å². The smallest absolute Gasteiger partial charge is 0.319 e. The van der Waals surface area contributed by atoms with E-state index in [1.807, 2.05) is 12.1 Å². The molecule has 272 valence electrons. The van der Waals surface area contributed by atoms with E-state index in [4.69, 9.17) is 0 Å². The molecule has 4 aromatic heterocycles. The number of piperidine rings is 1. The van der Waals surface area contributed by atoms with Crippen molar-refractivity contribution in [3.05, 3.63) is 76.4 Å². The van der Waals surface area contributed by atoms with Crippen LogP contribution in [-0.2, 0) is 16.6 Å². The lowest BCUT2D eigenvalue weighted by Crippen LogP contribution is -2.44. The summed E-state index contributed by atoms with van der Waals surface area (Å²) in [7, 11) is 1.76. The Balaban J connectivity index is 0.880. The van der Waals surface area contributed by atoms with Crippen molar-refractivity contribution in [1.29, 1.82) is 0 Å². The molecule has 8 rings (SSSR count). The minimum atomic E-state index is -2.84. The zero-order chi connectivity index (χ0) is 36.1. The molecule has 3 aliphatic rings. The predicted octanol–water partition coefficient (Wildman–Crippen LogP) is 5.84. The van der Waals surface area contributed by atoms with E-state index in [9.17, 15) is 28.0 Å². The molecule has 1 saturated heterocycles. The third-order valence-electron chi connectivity index (χ3n) is 11.5. The summed E-state index contributed by atoms with van der Waals surface area (Å²) in [6.07, 6.45) is 12.7. The van der Waals surface area contributed by atoms with Gasteiger partial charge < -0.3 is 5.32 Å². The van der Waals surface area contributed by atoms with Gasteiger partial charge in [-0.15, -0.1) is 0 Å². The number of imidazole rings is 1. The van der Waals surface area contributed by atoms with Crippen molar-refractivity contribution < 1.29 is 23.2 Å². The Morgan fingerprint density at radius 1 is 1.00 bits per heavy atom. The Labute approximate surface area is 297 Å². The fourth-order valence-electron chi connectivity index (χ4n) is 8.88. The first kappa shape index (κ1) is 33.9. The highest BCUT2D eigenvalue weighted by Crippen LogP contribution is 2.44. The molecular weight excluding hydrogens is 672 g/mol. The van der Waals surface area contributed by atoms with Gasteiger partial charge in [0.25, 0.3) is 12.3 Å². The minimum Gasteiger partial charge on any atom is -0.319 e. The Hall–Kier alpha value is -5.21. The zero-order valence-electron chi connectivity index (χ0n) is 28.9. The summed E-state index contributed by atoms with van der Waals surface area (Å²) in [5.74, 6) is 0.149. The first-order valence-electron chi connectivity index (χ1n) is 18.2. The Morgan fingerprint density at radius 2 is 1.75 bits per heavy atom. The molecule has 2 saturated carbocycles. The van der Waals surface area contributed by atoms with E-state index in [0.717, 1.165) is 74.4 Å². The van der Waals surface area contributed by atoms with E-state index in [-0.39, 0.29) is 35.3 Å². The monoisotopic (exact) mass is 713 g/mol. The van der Waals surface area contributed by atoms with Crippen molar-refractivity contribution in [3.63, 3.8) is 0 Å². The quantitative estimate of drug-likeness (QED) is 0.192. The maximum atomic E-state index is 14.0. The van der Waals surface area contributed by atoms with Crippen LogP contribution in [0, 0.1) is 11.8 Å². The number of rotatable bonds is 8. The molecule has 0 bridgehead atoms. The number of nitrogens with one attached hydrogen (secondary N) is 2. The SMILES string of the molecule is Cn1c(=O)n(C2CCC(=O)NC2=O)c2cccc(C3CCC(CC4CCC(n5cc(NC(=O)c6cnn7cccnc67)c(C(F)F)n5)CC4)CC3)c21. The van der Waals surface area contributed by atoms with Crippen molar-refractivity contribution in [2.75, 3.05) is 5.32 Å². The molecule has 5 heterocycles. The minimum absolute atomic E-state index is 0.00235. The van der Waals surface area contributed by atoms with Crippen LogP contribution in [0.2, 0.25) is 0 Å². The van der Waals surface area contributed by atoms with Gasteiger partial charge in [-0.05, 0) is 99.7 Å². The number of benzene rings is 1. The molecule has 1 unspecified atom stereocenters. The summed E-state index contributed by atoms with van der Waals surface area (Å²) in [5.41, 5.74) is 2.56. The molecule has 13 nitrogen and oxygen atoms in total. The summed E-state index contributed by atoms with van der Waals surface area (Å²) in [5, 5.41) is 13.3. The molecule has 15 heteroatoms. The maximum absolute atomic E-state index is 14.0. The van der Waals surface area contributed by atoms with E-state index in [1.165, 1.54) is 23.1 Å². The van der Waals surface area contributed by atoms with E-state index in [2.05, 4.69) is 31.9 Å². The first-order chi connectivity index (χ1) is 25.2. The van der Waals surface area contributed by atoms with Crippen LogP contribution >= 0.6 is 0 Å². The number of imide groups is 1. The lowest BCUT2D eigenvalue weighted by atomic mass is 9.73. The second-order valence-corrected chi connectivity index (χ2v) is 14.6. The van der Waals surface area contributed by atoms with Crippen LogP contribution in [-0.4, -0.2) is 51.2 Å². The summed E-state index contributed by atoms with van der Waals surface area (Å²) < 4.78 is 34.3. The molecule has 1 atom stereocenters. The number of hydrogen-bond acceptors (Lipinski definition) is 7. The number of para-hydroxylation sites is 1. The van der Waals surface area contributed by atoms with Crippen molar-refractivity contribution in [3.8, 4) is 0 Å². The molecule has 1 aromatic carbocycles. The number of fused-ring (bicyclic) bond motifs is 2. The number of nitrogens with zero attached hydrogens (tertiary/aromatic N) is 7. The zero-order valence-corrected chi connectivity index (χ0v) is 28.9. The predicted molar refractivity (Wildman–Crippen MR) is 187 cm³/mol. The Kier molecular flexibility index (Phi) is 8.95. The van der Waals surface area contributed by atoms with E-state index < -0.39 is 30.0 Å². The van der Waals surface area contributed by atoms with Crippen LogP contribution in [0.4, 0.5) is 14.5 Å². The molecule has 52 heavy (non-hydrogen) atoms. The maximum Gasteiger partial charge on any atom is 0.329 e. The highest BCUT2D eigenvalue weighted by molar-refractivity contribution is 6.08. The number of aromatic nitrogens is 7. The van der Waals surface area contributed by atoms with Gasteiger partial charge in [0.2, 0.25) is 11.8 Å². The van der Waals surface area contributed by atoms with Crippen LogP contribution < -0.4 is 16.3 Å². The van der Waals surface area contributed by atoms with Gasteiger partial charge in [-0.25, -0.2) is 23.1 Å². The van der Waals surface area contributed by atoms with Gasteiger partial charge in [0.05, 0.1) is 29.0 Å². The van der Waals surface area contributed by atoms with E-state index in [0.29, 0.717) is 29.8 Å². The van der Waals surface area contributed by atoms with Gasteiger partial charge in [-0.1, -0.05) is 12.1 Å². The highest BCUT2D eigenvalue weighted by atomic mass is 19.3. The number of carbonyl (C=O) groups excluding carboxylic acids is 3. The van der Waals surface area contributed by atoms with Crippen molar-refractivity contribution in [1.82, 2.24) is 38.8 Å². The number of hydrogen-bond donors (Lipinski definition) is 2. The standard InChI is InChI=1S/C37H41F2N9O4/c1-45-32-25(4-2-5-28(32)48(37(45)52)29-14-15-30(49)43-36(29)51)23-10-6-21(7-11-23)18-22-8-12-24(13-9-22)47-20-27(31(44-47)33(38)39)42-35(50)26-19-41-46-17-3-16-40-34(26)46/h2-5,16-17,19-24,29,33H,6-15,18H2,1H3,(H,42,50)(H,43,49,51). The average Bonchev–Trinajstić information content (AvgIpc) is 3.84. The van der Waals surface area contributed by atoms with Crippen molar-refractivity contribution in [2.24, 2.45) is 18.9 Å². The van der Waals surface area contributed by atoms with Gasteiger partial charge in [0, 0.05) is 32.1 Å². The molecule has 2 aliphatic carbocycles. The largest absolute Gasteiger partial charge is 0.329 e. The number of halogens is 2. The van der Waals surface area contributed by atoms with E-state index in [1.54, 1.807) is 33.1 Å². The van der Waals surface area contributed by atoms with Gasteiger partial charge in [0.15, 0.2) is 11.3 Å². The van der Waals surface area contributed by atoms with Crippen molar-refractivity contribution in [2.45, 2.75) is 95.1 Å². The average molecular weight is 714 g/mol. The fourth-order valence-corrected chi connectivity index (χ4v) is 8.88. The molecular formula is C37H41F2N9O4. The lowest BCUT2D eigenvalue weighted by molar-refractivity contribution is -0.135. The molecule has 2 N–H and O–H groups in total. The second kappa shape index (κ2) is 13.7. The summed E-state index contributed by atoms with van der Waals surface area (Å²) in [6.45, 7) is 0. The van der Waals surface area contributed by atoms with Crippen molar-refractivity contribution >= 4 is 40.1 Å². The highest BCUT2D eigenvalue weighted by Gasteiger charge is 2.34. The summed E-state index contributed by atoms with van der Waals surface area (Å²) in [4.78, 5) is 55.0. The molecule has 3 amide bonds. The Morgan fingerprint density at radius 3 is 2.48 bits per heavy atom. The van der Waals surface area contributed by atoms with Gasteiger partial charge in [0.1, 0.15) is 11.6 Å². The summed E-state index contributed by atoms with van der Waals surface area (Å²) in [6, 6.07) is 6.91.